The highest BCUT2D eigenvalue weighted by Gasteiger charge is 2.91. The normalized spacial score (nSPS) is 45.4. The Kier molecular flexibility index (Phi) is 9.06. The minimum absolute atomic E-state index is 0.0153. The monoisotopic (exact) mass is 726 g/mol. The molecule has 2 aliphatic carbocycles. The van der Waals surface area contributed by atoms with Crippen molar-refractivity contribution in [2.75, 3.05) is 26.4 Å². The first-order chi connectivity index (χ1) is 24.8. The van der Waals surface area contributed by atoms with Crippen molar-refractivity contribution in [3.8, 4) is 0 Å². The molecule has 288 valence electrons. The van der Waals surface area contributed by atoms with E-state index in [1.165, 1.54) is 0 Å². The summed E-state index contributed by atoms with van der Waals surface area (Å²) in [4.78, 5) is 41.6. The molecule has 7 aliphatic rings. The molecule has 12 heteroatoms. The fourth-order valence-corrected chi connectivity index (χ4v) is 12.5. The lowest BCUT2D eigenvalue weighted by Gasteiger charge is -2.66. The zero-order valence-electron chi connectivity index (χ0n) is 31.4. The number of ether oxygens (including phenoxy) is 4. The molecule has 0 amide bonds. The summed E-state index contributed by atoms with van der Waals surface area (Å²) < 4.78 is 31.7. The van der Waals surface area contributed by atoms with Crippen molar-refractivity contribution in [3.63, 3.8) is 0 Å². The molecule has 1 aromatic rings. The van der Waals surface area contributed by atoms with Gasteiger partial charge in [0.2, 0.25) is 0 Å². The lowest BCUT2D eigenvalue weighted by molar-refractivity contribution is -0.252. The molecule has 2 saturated carbocycles. The number of rotatable bonds is 12. The summed E-state index contributed by atoms with van der Waals surface area (Å²) in [6, 6.07) is 2.34. The summed E-state index contributed by atoms with van der Waals surface area (Å²) in [5.74, 6) is -1.15. The highest BCUT2D eigenvalue weighted by Crippen LogP contribution is 2.80. The first-order valence-corrected chi connectivity index (χ1v) is 19.8. The smallest absolute Gasteiger partial charge is 0.339 e. The summed E-state index contributed by atoms with van der Waals surface area (Å²) in [7, 11) is 0. The van der Waals surface area contributed by atoms with Gasteiger partial charge in [0.05, 0.1) is 30.3 Å². The average Bonchev–Trinajstić information content (AvgIpc) is 3.35. The lowest BCUT2D eigenvalue weighted by Crippen LogP contribution is -2.76. The molecule has 6 heterocycles. The van der Waals surface area contributed by atoms with E-state index in [1.54, 1.807) is 6.26 Å². The molecule has 5 saturated heterocycles. The minimum Gasteiger partial charge on any atom is -0.469 e. The lowest BCUT2D eigenvalue weighted by atomic mass is 9.36. The first kappa shape index (κ1) is 36.6. The van der Waals surface area contributed by atoms with Gasteiger partial charge in [-0.15, -0.1) is 0 Å². The van der Waals surface area contributed by atoms with Crippen molar-refractivity contribution < 1.29 is 48.0 Å². The molecule has 0 bridgehead atoms. The number of aliphatic hydroxyl groups is 2. The number of aliphatic hydroxyl groups excluding tert-OH is 2. The van der Waals surface area contributed by atoms with Gasteiger partial charge in [-0.3, -0.25) is 9.59 Å². The van der Waals surface area contributed by atoms with Crippen molar-refractivity contribution in [1.29, 1.82) is 0 Å². The van der Waals surface area contributed by atoms with Gasteiger partial charge >= 0.3 is 11.9 Å². The standard InChI is InChI=1S/C40H58N2O10/c1-22(2)10-14-37(4)31-30(45)32(46)38(5)27(39(31)20-49-29(44)17-28(39)51-37)11-13-36(3)33(50-35(47)34-40(36,38)52-34)25-12-15-48-26(25)16-23(19-43)8-6-7-9-24-18-41-21-42-24/h12,15,22-24,27-28,31-34,41-43,46H,6-11,13-14,16-21H2,1-5H3. The van der Waals surface area contributed by atoms with Crippen LogP contribution in [0.4, 0.5) is 0 Å². The van der Waals surface area contributed by atoms with Crippen LogP contribution in [0.5, 0.6) is 0 Å². The van der Waals surface area contributed by atoms with Gasteiger partial charge in [0.15, 0.2) is 11.9 Å². The molecular weight excluding hydrogens is 668 g/mol. The van der Waals surface area contributed by atoms with Crippen molar-refractivity contribution in [1.82, 2.24) is 10.6 Å². The molecule has 52 heavy (non-hydrogen) atoms. The first-order valence-electron chi connectivity index (χ1n) is 19.8. The van der Waals surface area contributed by atoms with Gasteiger partial charge in [-0.25, -0.2) is 4.79 Å². The highest BCUT2D eigenvalue weighted by atomic mass is 16.7. The summed E-state index contributed by atoms with van der Waals surface area (Å²) in [5, 5.41) is 29.6. The molecule has 1 aromatic heterocycles. The summed E-state index contributed by atoms with van der Waals surface area (Å²) >= 11 is 0. The van der Waals surface area contributed by atoms with Crippen LogP contribution in [0.1, 0.15) is 110 Å². The number of hydrogen-bond donors (Lipinski definition) is 4. The zero-order valence-corrected chi connectivity index (χ0v) is 31.4. The van der Waals surface area contributed by atoms with Gasteiger partial charge in [0, 0.05) is 54.1 Å². The Morgan fingerprint density at radius 1 is 1.06 bits per heavy atom. The molecular formula is C40H58N2O10. The predicted molar refractivity (Wildman–Crippen MR) is 186 cm³/mol. The van der Waals surface area contributed by atoms with Crippen molar-refractivity contribution in [2.45, 2.75) is 140 Å². The van der Waals surface area contributed by atoms with Crippen LogP contribution in [0.15, 0.2) is 16.7 Å². The second-order valence-electron chi connectivity index (χ2n) is 18.3. The molecule has 12 nitrogen and oxygen atoms in total. The van der Waals surface area contributed by atoms with Crippen LogP contribution in [0.3, 0.4) is 0 Å². The number of ketones is 1. The Labute approximate surface area is 306 Å². The molecule has 13 unspecified atom stereocenters. The molecule has 0 aromatic carbocycles. The second kappa shape index (κ2) is 12.9. The molecule has 7 fully saturated rings. The number of carbonyl (C=O) groups is 3. The molecule has 4 N–H and O–H groups in total. The summed E-state index contributed by atoms with van der Waals surface area (Å²) in [6.45, 7) is 12.1. The Balaban J connectivity index is 1.11. The number of cyclic esters (lactones) is 2. The van der Waals surface area contributed by atoms with Gasteiger partial charge in [-0.1, -0.05) is 40.5 Å². The van der Waals surface area contributed by atoms with Crippen molar-refractivity contribution in [3.05, 3.63) is 23.7 Å². The zero-order chi connectivity index (χ0) is 36.8. The number of nitrogens with one attached hydrogen (secondary N) is 2. The maximum atomic E-state index is 14.9. The Bertz CT molecular complexity index is 1570. The third-order valence-corrected chi connectivity index (χ3v) is 15.1. The number of Topliss-reactive ketones (excluding diaryl/α,β-unsaturated/α-hetero) is 1. The topological polar surface area (TPSA) is 169 Å². The third kappa shape index (κ3) is 5.03. The van der Waals surface area contributed by atoms with Gasteiger partial charge in [0.1, 0.15) is 30.2 Å². The number of unbranched alkanes of at least 4 members (excludes halogenated alkanes) is 1. The van der Waals surface area contributed by atoms with Crippen LogP contribution in [0.25, 0.3) is 0 Å². The van der Waals surface area contributed by atoms with Crippen LogP contribution in [-0.4, -0.2) is 89.9 Å². The number of esters is 2. The van der Waals surface area contributed by atoms with E-state index in [1.807, 2.05) is 19.9 Å². The minimum atomic E-state index is -1.43. The van der Waals surface area contributed by atoms with E-state index in [4.69, 9.17) is 23.4 Å². The summed E-state index contributed by atoms with van der Waals surface area (Å²) in [6.07, 6.45) is 5.07. The van der Waals surface area contributed by atoms with E-state index in [0.717, 1.165) is 50.9 Å². The largest absolute Gasteiger partial charge is 0.469 e. The SMILES string of the molecule is CC(C)CCC1(C)OC2CC(=O)OCC23C1C(=O)C(O)C1(C)C3CCC2(C)C(c3ccoc3CC(CO)CCCCC3CNCN3)OC(=O)C3OC321. The number of hydrogen-bond acceptors (Lipinski definition) is 12. The maximum absolute atomic E-state index is 14.9. The quantitative estimate of drug-likeness (QED) is 0.140. The molecule has 2 spiro atoms. The van der Waals surface area contributed by atoms with Gasteiger partial charge in [-0.05, 0) is 69.3 Å². The second-order valence-corrected chi connectivity index (χ2v) is 18.3. The van der Waals surface area contributed by atoms with Gasteiger partial charge in [0.25, 0.3) is 0 Å². The predicted octanol–water partition coefficient (Wildman–Crippen LogP) is 3.75. The molecule has 5 aliphatic heterocycles. The fraction of sp³-hybridized carbons (Fsp3) is 0.825. The van der Waals surface area contributed by atoms with E-state index in [-0.39, 0.29) is 43.2 Å². The van der Waals surface area contributed by atoms with Crippen LogP contribution >= 0.6 is 0 Å². The van der Waals surface area contributed by atoms with Crippen LogP contribution in [-0.2, 0) is 39.8 Å². The van der Waals surface area contributed by atoms with Crippen molar-refractivity contribution in [2.24, 2.45) is 39.9 Å². The molecule has 13 atom stereocenters. The Hall–Kier alpha value is -2.35. The van der Waals surface area contributed by atoms with Crippen LogP contribution < -0.4 is 10.6 Å². The van der Waals surface area contributed by atoms with E-state index in [2.05, 4.69) is 31.4 Å². The van der Waals surface area contributed by atoms with Crippen LogP contribution in [0.2, 0.25) is 0 Å². The van der Waals surface area contributed by atoms with E-state index >= 15 is 0 Å². The van der Waals surface area contributed by atoms with Gasteiger partial charge < -0.3 is 44.2 Å². The summed E-state index contributed by atoms with van der Waals surface area (Å²) in [5.41, 5.74) is -4.24. The number of epoxide rings is 1. The molecule has 0 radical (unpaired) electrons. The Morgan fingerprint density at radius 2 is 1.87 bits per heavy atom. The number of carbonyl (C=O) groups excluding carboxylic acids is 3. The average molecular weight is 727 g/mol. The van der Waals surface area contributed by atoms with Crippen molar-refractivity contribution >= 4 is 17.7 Å². The molecule has 8 rings (SSSR count). The maximum Gasteiger partial charge on any atom is 0.339 e. The van der Waals surface area contributed by atoms with E-state index in [9.17, 15) is 24.6 Å². The van der Waals surface area contributed by atoms with E-state index in [0.29, 0.717) is 43.4 Å². The number of furan rings is 1. The third-order valence-electron chi connectivity index (χ3n) is 15.1. The number of fused-ring (bicyclic) bond motifs is 1. The fourth-order valence-electron chi connectivity index (χ4n) is 12.5. The Morgan fingerprint density at radius 3 is 2.60 bits per heavy atom. The van der Waals surface area contributed by atoms with Gasteiger partial charge in [-0.2, -0.15) is 0 Å². The van der Waals surface area contributed by atoms with E-state index < -0.39 is 63.8 Å². The van der Waals surface area contributed by atoms with Crippen LogP contribution in [0, 0.1) is 39.9 Å². The highest BCUT2D eigenvalue weighted by molar-refractivity contribution is 5.92.